The van der Waals surface area contributed by atoms with Gasteiger partial charge in [-0.05, 0) is 64.7 Å². The van der Waals surface area contributed by atoms with E-state index in [1.807, 2.05) is 13.0 Å². The van der Waals surface area contributed by atoms with Crippen LogP contribution in [0.4, 0.5) is 14.9 Å². The van der Waals surface area contributed by atoms with E-state index in [2.05, 4.69) is 40.5 Å². The van der Waals surface area contributed by atoms with Crippen LogP contribution in [0.25, 0.3) is 0 Å². The van der Waals surface area contributed by atoms with Crippen LogP contribution in [-0.2, 0) is 0 Å². The van der Waals surface area contributed by atoms with Gasteiger partial charge >= 0.3 is 6.03 Å². The monoisotopic (exact) mass is 396 g/mol. The molecule has 2 fully saturated rings. The summed E-state index contributed by atoms with van der Waals surface area (Å²) in [7, 11) is 0. The van der Waals surface area contributed by atoms with Gasteiger partial charge in [0.05, 0.1) is 6.54 Å². The number of urea groups is 1. The maximum Gasteiger partial charge on any atom is 0.350 e. The maximum absolute atomic E-state index is 14.0. The molecule has 0 aliphatic carbocycles. The molecule has 3 aliphatic heterocycles. The number of amides is 2. The molecule has 3 atom stereocenters. The zero-order valence-corrected chi connectivity index (χ0v) is 17.5. The molecule has 3 aliphatic rings. The van der Waals surface area contributed by atoms with Crippen molar-refractivity contribution >= 4 is 17.6 Å². The van der Waals surface area contributed by atoms with Gasteiger partial charge in [0, 0.05) is 30.9 Å². The van der Waals surface area contributed by atoms with Crippen LogP contribution in [0, 0.1) is 17.7 Å². The molecule has 2 amide bonds. The van der Waals surface area contributed by atoms with Crippen molar-refractivity contribution in [1.82, 2.24) is 9.80 Å². The molecule has 1 aromatic rings. The van der Waals surface area contributed by atoms with Gasteiger partial charge in [0.25, 0.3) is 0 Å². The third kappa shape index (κ3) is 3.42. The highest BCUT2D eigenvalue weighted by Gasteiger charge is 2.55. The number of carbonyl (C=O) groups excluding carboxylic acids is 1. The number of hydrogen-bond acceptors (Lipinski definition) is 3. The zero-order chi connectivity index (χ0) is 20.6. The van der Waals surface area contributed by atoms with Crippen molar-refractivity contribution in [3.63, 3.8) is 0 Å². The predicted molar refractivity (Wildman–Crippen MR) is 114 cm³/mol. The lowest BCUT2D eigenvalue weighted by Crippen LogP contribution is -2.63. The van der Waals surface area contributed by atoms with Crippen LogP contribution in [0.15, 0.2) is 29.3 Å². The van der Waals surface area contributed by atoms with Crippen molar-refractivity contribution in [2.24, 2.45) is 4.99 Å². The van der Waals surface area contributed by atoms with Crippen LogP contribution >= 0.6 is 0 Å². The largest absolute Gasteiger partial charge is 0.355 e. The summed E-state index contributed by atoms with van der Waals surface area (Å²) in [6, 6.07) is 6.67. The van der Waals surface area contributed by atoms with E-state index in [0.717, 1.165) is 51.2 Å². The fourth-order valence-corrected chi connectivity index (χ4v) is 5.17. The number of carbonyl (C=O) groups is 1. The molecule has 0 bridgehead atoms. The molecule has 29 heavy (non-hydrogen) atoms. The van der Waals surface area contributed by atoms with Gasteiger partial charge in [-0.3, -0.25) is 9.80 Å². The molecule has 4 rings (SSSR count). The molecule has 6 heteroatoms. The Kier molecular flexibility index (Phi) is 5.35. The summed E-state index contributed by atoms with van der Waals surface area (Å²) in [6.07, 6.45) is 3.75. The third-order valence-corrected chi connectivity index (χ3v) is 6.66. The number of anilines is 1. The third-order valence-electron chi connectivity index (χ3n) is 6.66. The summed E-state index contributed by atoms with van der Waals surface area (Å²) in [4.78, 5) is 24.1. The highest BCUT2D eigenvalue weighted by molar-refractivity contribution is 6.16. The van der Waals surface area contributed by atoms with Crippen LogP contribution in [0.2, 0.25) is 0 Å². The minimum absolute atomic E-state index is 0.245. The zero-order valence-electron chi connectivity index (χ0n) is 17.5. The second-order valence-electron chi connectivity index (χ2n) is 8.45. The average molecular weight is 397 g/mol. The van der Waals surface area contributed by atoms with E-state index in [-0.39, 0.29) is 17.9 Å². The Bertz CT molecular complexity index is 888. The van der Waals surface area contributed by atoms with Crippen molar-refractivity contribution in [2.45, 2.75) is 64.1 Å². The van der Waals surface area contributed by atoms with E-state index in [0.29, 0.717) is 11.7 Å². The number of halogens is 1. The first kappa shape index (κ1) is 19.9. The van der Waals surface area contributed by atoms with Crippen LogP contribution in [-0.4, -0.2) is 58.9 Å². The van der Waals surface area contributed by atoms with E-state index in [9.17, 15) is 9.18 Å². The van der Waals surface area contributed by atoms with Gasteiger partial charge in [-0.15, -0.1) is 5.92 Å². The second-order valence-corrected chi connectivity index (χ2v) is 8.45. The fraction of sp³-hybridized carbons (Fsp3) is 0.565. The van der Waals surface area contributed by atoms with Crippen LogP contribution in [0.3, 0.4) is 0 Å². The van der Waals surface area contributed by atoms with Gasteiger partial charge in [-0.1, -0.05) is 12.0 Å². The fourth-order valence-electron chi connectivity index (χ4n) is 5.17. The lowest BCUT2D eigenvalue weighted by atomic mass is 9.80. The Morgan fingerprint density at radius 3 is 2.76 bits per heavy atom. The first-order valence-corrected chi connectivity index (χ1v) is 10.6. The molecule has 0 aromatic heterocycles. The summed E-state index contributed by atoms with van der Waals surface area (Å²) in [5, 5.41) is 0. The Labute approximate surface area is 172 Å². The lowest BCUT2D eigenvalue weighted by molar-refractivity contribution is 0.141. The van der Waals surface area contributed by atoms with Crippen molar-refractivity contribution in [1.29, 1.82) is 0 Å². The van der Waals surface area contributed by atoms with Crippen molar-refractivity contribution in [3.8, 4) is 11.8 Å². The highest BCUT2D eigenvalue weighted by atomic mass is 19.1. The summed E-state index contributed by atoms with van der Waals surface area (Å²) >= 11 is 0. The Morgan fingerprint density at radius 2 is 2.10 bits per heavy atom. The molecule has 0 radical (unpaired) electrons. The van der Waals surface area contributed by atoms with Gasteiger partial charge in [0.1, 0.15) is 17.2 Å². The normalized spacial score (nSPS) is 29.9. The SMILES string of the molecule is CC#CCN1CC[C@@]2(C[C@@H]1C)C(N1CCCC1C)=NC(=O)N2c1cccc(F)c1. The summed E-state index contributed by atoms with van der Waals surface area (Å²) in [6.45, 7) is 8.73. The van der Waals surface area contributed by atoms with E-state index in [1.165, 1.54) is 12.1 Å². The van der Waals surface area contributed by atoms with Crippen molar-refractivity contribution < 1.29 is 9.18 Å². The first-order valence-electron chi connectivity index (χ1n) is 10.6. The number of nitrogens with zero attached hydrogens (tertiary/aromatic N) is 4. The van der Waals surface area contributed by atoms with Gasteiger partial charge in [0.15, 0.2) is 0 Å². The second kappa shape index (κ2) is 7.79. The molecule has 154 valence electrons. The van der Waals surface area contributed by atoms with E-state index >= 15 is 0 Å². The molecule has 1 unspecified atom stereocenters. The number of benzene rings is 1. The first-order chi connectivity index (χ1) is 14.0. The molecular formula is C23H29FN4O. The standard InChI is InChI=1S/C23H29FN4O/c1-4-5-12-26-14-11-23(16-18(26)3)21(27-13-7-8-17(27)2)25-22(29)28(23)20-10-6-9-19(24)15-20/h6,9-10,15,17-18H,7-8,11-14,16H2,1-3H3/t17?,18-,23+/m0/s1. The number of aliphatic imine (C=N–C) groups is 1. The smallest absolute Gasteiger partial charge is 0.350 e. The number of likely N-dealkylation sites (tertiary alicyclic amines) is 2. The number of amidine groups is 1. The minimum atomic E-state index is -0.529. The summed E-state index contributed by atoms with van der Waals surface area (Å²) in [5.41, 5.74) is 0.0635. The topological polar surface area (TPSA) is 39.1 Å². The lowest BCUT2D eigenvalue weighted by Gasteiger charge is -2.49. The molecule has 0 N–H and O–H groups in total. The highest BCUT2D eigenvalue weighted by Crippen LogP contribution is 2.43. The molecule has 5 nitrogen and oxygen atoms in total. The van der Waals surface area contributed by atoms with E-state index in [4.69, 9.17) is 0 Å². The Balaban J connectivity index is 1.74. The molecule has 0 saturated carbocycles. The van der Waals surface area contributed by atoms with Crippen LogP contribution in [0.5, 0.6) is 0 Å². The molecular weight excluding hydrogens is 367 g/mol. The summed E-state index contributed by atoms with van der Waals surface area (Å²) in [5.74, 6) is 6.68. The van der Waals surface area contributed by atoms with Gasteiger partial charge in [-0.25, -0.2) is 9.18 Å². The average Bonchev–Trinajstić information content (AvgIpc) is 3.22. The van der Waals surface area contributed by atoms with Gasteiger partial charge < -0.3 is 4.90 Å². The van der Waals surface area contributed by atoms with Gasteiger partial charge in [0.2, 0.25) is 0 Å². The molecule has 2 saturated heterocycles. The van der Waals surface area contributed by atoms with Crippen molar-refractivity contribution in [2.75, 3.05) is 24.5 Å². The predicted octanol–water partition coefficient (Wildman–Crippen LogP) is 3.89. The van der Waals surface area contributed by atoms with Crippen molar-refractivity contribution in [3.05, 3.63) is 30.1 Å². The number of piperidine rings is 1. The maximum atomic E-state index is 14.0. The molecule has 3 heterocycles. The van der Waals surface area contributed by atoms with Gasteiger partial charge in [-0.2, -0.15) is 4.99 Å². The van der Waals surface area contributed by atoms with E-state index < -0.39 is 5.54 Å². The van der Waals surface area contributed by atoms with E-state index in [1.54, 1.807) is 11.0 Å². The summed E-state index contributed by atoms with van der Waals surface area (Å²) < 4.78 is 14.0. The Morgan fingerprint density at radius 1 is 1.28 bits per heavy atom. The van der Waals surface area contributed by atoms with Crippen LogP contribution < -0.4 is 4.90 Å². The Hall–Kier alpha value is -2.39. The molecule has 1 aromatic carbocycles. The quantitative estimate of drug-likeness (QED) is 0.712. The number of hydrogen-bond donors (Lipinski definition) is 0. The minimum Gasteiger partial charge on any atom is -0.355 e. The molecule has 1 spiro atoms. The number of rotatable bonds is 2. The van der Waals surface area contributed by atoms with Crippen LogP contribution in [0.1, 0.15) is 46.5 Å².